The minimum atomic E-state index is -0.712. The third-order valence-electron chi connectivity index (χ3n) is 7.77. The fourth-order valence-corrected chi connectivity index (χ4v) is 5.19. The minimum Gasteiger partial charge on any atom is -0.390 e. The van der Waals surface area contributed by atoms with Crippen LogP contribution in [-0.4, -0.2) is 79.0 Å². The number of likely N-dealkylation sites (N-methyl/N-ethyl adjacent to an activating group) is 1. The number of hydrogen-bond acceptors (Lipinski definition) is 6. The maximum Gasteiger partial charge on any atom is 0.237 e. The highest BCUT2D eigenvalue weighted by Crippen LogP contribution is 2.15. The van der Waals surface area contributed by atoms with Crippen molar-refractivity contribution in [2.24, 2.45) is 16.5 Å². The Kier molecular flexibility index (Phi) is 13.3. The molecule has 0 saturated carbocycles. The quantitative estimate of drug-likeness (QED) is 0.0752. The molecule has 1 amide bonds. The molecule has 0 aliphatic rings. The lowest BCUT2D eigenvalue weighted by Gasteiger charge is -2.34. The van der Waals surface area contributed by atoms with E-state index in [0.717, 1.165) is 65.4 Å². The van der Waals surface area contributed by atoms with Crippen LogP contribution in [0.3, 0.4) is 0 Å². The number of quaternary nitrogens is 1. The molecule has 1 heterocycles. The number of rotatable bonds is 19. The van der Waals surface area contributed by atoms with Crippen molar-refractivity contribution in [1.82, 2.24) is 10.3 Å². The number of carbonyl (C=O) groups is 2. The maximum atomic E-state index is 13.5. The van der Waals surface area contributed by atoms with Crippen molar-refractivity contribution in [2.75, 3.05) is 33.2 Å². The number of nitrogens with zero attached hydrogens (tertiary/aromatic N) is 3. The lowest BCUT2D eigenvalue weighted by molar-refractivity contribution is -0.908. The van der Waals surface area contributed by atoms with Crippen molar-refractivity contribution in [2.45, 2.75) is 57.0 Å². The molecule has 9 heteroatoms. The van der Waals surface area contributed by atoms with E-state index >= 15 is 0 Å². The molecule has 3 aromatic rings. The number of carbonyl (C=O) groups excluding carboxylic acids is 2. The summed E-state index contributed by atoms with van der Waals surface area (Å²) < 4.78 is 0.775. The van der Waals surface area contributed by atoms with Crippen LogP contribution in [0.5, 0.6) is 0 Å². The molecule has 3 rings (SSSR count). The van der Waals surface area contributed by atoms with Crippen LogP contribution in [0, 0.1) is 5.41 Å². The molecule has 0 saturated heterocycles. The zero-order chi connectivity index (χ0) is 30.2. The topological polar surface area (TPSA) is 147 Å². The van der Waals surface area contributed by atoms with E-state index in [1.807, 2.05) is 60.7 Å². The van der Waals surface area contributed by atoms with Gasteiger partial charge in [-0.05, 0) is 61.6 Å². The van der Waals surface area contributed by atoms with E-state index in [0.29, 0.717) is 25.8 Å². The van der Waals surface area contributed by atoms with Gasteiger partial charge in [-0.2, -0.15) is 0 Å². The van der Waals surface area contributed by atoms with Crippen molar-refractivity contribution < 1.29 is 14.1 Å². The Hall–Kier alpha value is -3.95. The lowest BCUT2D eigenvalue weighted by Crippen LogP contribution is -2.50. The smallest absolute Gasteiger partial charge is 0.237 e. The van der Waals surface area contributed by atoms with Crippen LogP contribution in [0.4, 0.5) is 0 Å². The average molecular weight is 573 g/mol. The monoisotopic (exact) mass is 572 g/mol. The molecule has 0 aliphatic carbocycles. The molecule has 224 valence electrons. The molecule has 2 aromatic carbocycles. The van der Waals surface area contributed by atoms with E-state index in [1.165, 1.54) is 12.6 Å². The van der Waals surface area contributed by atoms with E-state index < -0.39 is 12.1 Å². The molecule has 0 aliphatic heterocycles. The van der Waals surface area contributed by atoms with Gasteiger partial charge >= 0.3 is 0 Å². The summed E-state index contributed by atoms with van der Waals surface area (Å²) in [5.41, 5.74) is 14.6. The first-order chi connectivity index (χ1) is 20.3. The van der Waals surface area contributed by atoms with Crippen LogP contribution >= 0.6 is 0 Å². The minimum absolute atomic E-state index is 0.0561. The number of Topliss-reactive ketones (excluding diaryl/α,β-unsaturated/α-hetero) is 1. The molecule has 0 spiro atoms. The Morgan fingerprint density at radius 1 is 1.02 bits per heavy atom. The van der Waals surface area contributed by atoms with Crippen molar-refractivity contribution >= 4 is 35.1 Å². The van der Waals surface area contributed by atoms with E-state index in [4.69, 9.17) is 16.9 Å². The van der Waals surface area contributed by atoms with Gasteiger partial charge in [0.1, 0.15) is 0 Å². The Balaban J connectivity index is 1.62. The number of nitrogens with two attached hydrogens (primary N) is 2. The number of aromatic nitrogens is 1. The van der Waals surface area contributed by atoms with Crippen LogP contribution in [-0.2, 0) is 22.4 Å². The Morgan fingerprint density at radius 3 is 2.52 bits per heavy atom. The van der Waals surface area contributed by atoms with E-state index in [1.54, 1.807) is 6.20 Å². The second-order valence-electron chi connectivity index (χ2n) is 11.2. The van der Waals surface area contributed by atoms with Gasteiger partial charge in [0.2, 0.25) is 5.91 Å². The van der Waals surface area contributed by atoms with Gasteiger partial charge in [0.15, 0.2) is 5.78 Å². The predicted molar refractivity (Wildman–Crippen MR) is 171 cm³/mol. The molecule has 42 heavy (non-hydrogen) atoms. The number of aliphatic imine (C=N–C) groups is 1. The van der Waals surface area contributed by atoms with Gasteiger partial charge in [-0.1, -0.05) is 48.5 Å². The summed E-state index contributed by atoms with van der Waals surface area (Å²) in [6.45, 7) is 3.20. The summed E-state index contributed by atoms with van der Waals surface area (Å²) in [5.74, 6) is -0.358. The van der Waals surface area contributed by atoms with Crippen LogP contribution < -0.4 is 16.8 Å². The van der Waals surface area contributed by atoms with E-state index in [9.17, 15) is 9.59 Å². The van der Waals surface area contributed by atoms with Gasteiger partial charge in [0.25, 0.3) is 0 Å². The lowest BCUT2D eigenvalue weighted by atomic mass is 9.97. The van der Waals surface area contributed by atoms with Crippen molar-refractivity contribution in [3.05, 3.63) is 78.0 Å². The highest BCUT2D eigenvalue weighted by molar-refractivity contribution is 5.92. The molecule has 6 N–H and O–H groups in total. The van der Waals surface area contributed by atoms with E-state index in [2.05, 4.69) is 22.3 Å². The molecule has 1 aromatic heterocycles. The largest absolute Gasteiger partial charge is 0.390 e. The van der Waals surface area contributed by atoms with Crippen LogP contribution in [0.2, 0.25) is 0 Å². The zero-order valence-electron chi connectivity index (χ0n) is 24.8. The summed E-state index contributed by atoms with van der Waals surface area (Å²) in [5, 5.41) is 11.3. The highest BCUT2D eigenvalue weighted by atomic mass is 16.2. The summed E-state index contributed by atoms with van der Waals surface area (Å²) in [4.78, 5) is 35.4. The number of aryl methyl sites for hydroxylation is 1. The molecule has 3 atom stereocenters. The molecule has 0 radical (unpaired) electrons. The fourth-order valence-electron chi connectivity index (χ4n) is 5.19. The van der Waals surface area contributed by atoms with Gasteiger partial charge < -0.3 is 26.7 Å². The second kappa shape index (κ2) is 17.1. The van der Waals surface area contributed by atoms with Crippen LogP contribution in [0.15, 0.2) is 71.9 Å². The van der Waals surface area contributed by atoms with Crippen molar-refractivity contribution in [3.8, 4) is 0 Å². The number of benzene rings is 2. The summed E-state index contributed by atoms with van der Waals surface area (Å²) in [6, 6.07) is 18.4. The fraction of sp³-hybridized carbons (Fsp3) is 0.424. The number of fused-ring (bicyclic) bond motifs is 1. The third kappa shape index (κ3) is 10.8. The number of unbranched alkanes of at least 4 members (excludes halogenated alkanes) is 1. The molecule has 1 unspecified atom stereocenters. The number of nitrogens with one attached hydrogen (secondary N) is 2. The average Bonchev–Trinajstić information content (AvgIpc) is 2.99. The number of amides is 1. The van der Waals surface area contributed by atoms with Crippen molar-refractivity contribution in [1.29, 1.82) is 5.41 Å². The number of pyridine rings is 1. The number of hydrogen-bond donors (Lipinski definition) is 4. The van der Waals surface area contributed by atoms with E-state index in [-0.39, 0.29) is 18.1 Å². The zero-order valence-corrected chi connectivity index (χ0v) is 24.8. The summed E-state index contributed by atoms with van der Waals surface area (Å²) in [7, 11) is 2.17. The van der Waals surface area contributed by atoms with Gasteiger partial charge in [-0.15, -0.1) is 0 Å². The van der Waals surface area contributed by atoms with Crippen LogP contribution in [0.1, 0.15) is 43.2 Å². The first-order valence-corrected chi connectivity index (χ1v) is 14.8. The predicted octanol–water partition coefficient (Wildman–Crippen LogP) is 3.43. The third-order valence-corrected chi connectivity index (χ3v) is 7.77. The van der Waals surface area contributed by atoms with Gasteiger partial charge in [-0.25, -0.2) is 0 Å². The molecule has 0 bridgehead atoms. The van der Waals surface area contributed by atoms with Crippen LogP contribution in [0.25, 0.3) is 10.9 Å². The molecular formula is C33H46N7O2+. The normalized spacial score (nSPS) is 14.3. The van der Waals surface area contributed by atoms with Gasteiger partial charge in [-0.3, -0.25) is 19.6 Å². The van der Waals surface area contributed by atoms with Gasteiger partial charge in [0, 0.05) is 24.4 Å². The molecular weight excluding hydrogens is 526 g/mol. The Labute approximate surface area is 249 Å². The first kappa shape index (κ1) is 32.6. The Morgan fingerprint density at radius 2 is 1.76 bits per heavy atom. The SMILES string of the molecule is C[N+](CCCC=N)(CCC[C@H](N)C(=O)N[C@@H](CCc1ccccc1)C(=O)Cc1cnc2ccccc2c1)CCN=CN. The summed E-state index contributed by atoms with van der Waals surface area (Å²) >= 11 is 0. The number of para-hydroxylation sites is 1. The first-order valence-electron chi connectivity index (χ1n) is 14.8. The number of ketones is 1. The van der Waals surface area contributed by atoms with Crippen molar-refractivity contribution in [3.63, 3.8) is 0 Å². The molecule has 9 nitrogen and oxygen atoms in total. The highest BCUT2D eigenvalue weighted by Gasteiger charge is 2.26. The maximum absolute atomic E-state index is 13.5. The van der Waals surface area contributed by atoms with Gasteiger partial charge in [0.05, 0.1) is 57.2 Å². The standard InChI is InChI=1S/C33H45N7O2/c1-40(19-8-7-17-34,21-18-37-25-35)20-9-13-29(36)33(42)39-31(16-15-26-10-3-2-4-11-26)32(41)23-27-22-28-12-5-6-14-30(28)38-24-27/h2-6,10-12,14,17,22,24-25,29,31,34H,7-9,13,15-16,18-21,23,36H2,1H3,(H2-,35,37,39,42)/p+1/t29-,31-,40?/m0/s1. The Bertz CT molecular complexity index is 1310. The molecule has 0 fully saturated rings. The second-order valence-corrected chi connectivity index (χ2v) is 11.2. The summed E-state index contributed by atoms with van der Waals surface area (Å²) in [6.07, 6.45) is 8.77.